The highest BCUT2D eigenvalue weighted by atomic mass is 35.5. The van der Waals surface area contributed by atoms with Crippen LogP contribution in [0.25, 0.3) is 0 Å². The van der Waals surface area contributed by atoms with Gasteiger partial charge in [-0.2, -0.15) is 5.01 Å². The first-order valence-electron chi connectivity index (χ1n) is 7.29. The van der Waals surface area contributed by atoms with Crippen LogP contribution in [0.4, 0.5) is 0 Å². The zero-order chi connectivity index (χ0) is 16.3. The van der Waals surface area contributed by atoms with Gasteiger partial charge >= 0.3 is 0 Å². The summed E-state index contributed by atoms with van der Waals surface area (Å²) in [5.41, 5.74) is 2.55. The van der Waals surface area contributed by atoms with Gasteiger partial charge in [0.15, 0.2) is 0 Å². The van der Waals surface area contributed by atoms with Crippen LogP contribution in [0.15, 0.2) is 30.4 Å². The molecule has 7 heteroatoms. The number of imide groups is 1. The van der Waals surface area contributed by atoms with Gasteiger partial charge in [-0.25, -0.2) is 0 Å². The number of hydrogen-bond acceptors (Lipinski definition) is 3. The monoisotopic (exact) mass is 350 g/mol. The van der Waals surface area contributed by atoms with Crippen molar-refractivity contribution in [2.75, 3.05) is 0 Å². The molecule has 2 fully saturated rings. The number of hydrogen-bond donors (Lipinski definition) is 1. The quantitative estimate of drug-likeness (QED) is 0.658. The smallest absolute Gasteiger partial charge is 0.271 e. The number of nitrogens with zero attached hydrogens (tertiary/aromatic N) is 1. The van der Waals surface area contributed by atoms with Crippen molar-refractivity contribution in [2.24, 2.45) is 23.7 Å². The maximum absolute atomic E-state index is 12.5. The first-order chi connectivity index (χ1) is 11.0. The second-order valence-corrected chi connectivity index (χ2v) is 6.92. The lowest BCUT2D eigenvalue weighted by molar-refractivity contribution is -0.143. The average Bonchev–Trinajstić information content (AvgIpc) is 3.17. The molecule has 0 radical (unpaired) electrons. The minimum atomic E-state index is -0.603. The molecule has 1 aromatic carbocycles. The number of benzene rings is 1. The van der Waals surface area contributed by atoms with Crippen LogP contribution >= 0.6 is 23.2 Å². The van der Waals surface area contributed by atoms with Crippen molar-refractivity contribution in [3.05, 3.63) is 46.0 Å². The Labute approximate surface area is 142 Å². The molecule has 0 aromatic heterocycles. The van der Waals surface area contributed by atoms with E-state index in [1.54, 1.807) is 0 Å². The van der Waals surface area contributed by atoms with Crippen molar-refractivity contribution in [1.29, 1.82) is 0 Å². The van der Waals surface area contributed by atoms with Crippen LogP contribution < -0.4 is 5.43 Å². The number of allylic oxidation sites excluding steroid dienone is 2. The van der Waals surface area contributed by atoms with Gasteiger partial charge in [-0.1, -0.05) is 35.4 Å². The van der Waals surface area contributed by atoms with E-state index in [0.29, 0.717) is 5.02 Å². The summed E-state index contributed by atoms with van der Waals surface area (Å²) in [4.78, 5) is 37.3. The summed E-state index contributed by atoms with van der Waals surface area (Å²) in [5.74, 6) is -1.78. The van der Waals surface area contributed by atoms with E-state index in [2.05, 4.69) is 5.43 Å². The minimum Gasteiger partial charge on any atom is -0.272 e. The minimum absolute atomic E-state index is 0.0995. The molecule has 1 heterocycles. The Hall–Kier alpha value is -1.85. The van der Waals surface area contributed by atoms with E-state index in [1.807, 2.05) is 12.2 Å². The zero-order valence-electron chi connectivity index (χ0n) is 11.8. The normalized spacial score (nSPS) is 31.0. The average molecular weight is 351 g/mol. The standard InChI is InChI=1S/C16H12Cl2N2O3/c17-9-3-4-10(11(18)6-9)14(21)19-20-15(22)12-7-1-2-8(5-7)13(12)16(20)23/h1-4,6-8,12-13H,5H2,(H,19,21)/t7-,8+,12+,13-. The number of carbonyl (C=O) groups excluding carboxylic acids is 3. The maximum Gasteiger partial charge on any atom is 0.271 e. The number of nitrogens with one attached hydrogen (secondary N) is 1. The molecule has 1 N–H and O–H groups in total. The number of amides is 3. The van der Waals surface area contributed by atoms with Gasteiger partial charge in [-0.05, 0) is 36.5 Å². The Morgan fingerprint density at radius 3 is 2.26 bits per heavy atom. The number of hydrazine groups is 1. The molecule has 5 nitrogen and oxygen atoms in total. The van der Waals surface area contributed by atoms with Gasteiger partial charge < -0.3 is 0 Å². The molecule has 4 rings (SSSR count). The Bertz CT molecular complexity index is 747. The first-order valence-corrected chi connectivity index (χ1v) is 8.05. The van der Waals surface area contributed by atoms with Crippen molar-refractivity contribution in [1.82, 2.24) is 10.4 Å². The van der Waals surface area contributed by atoms with Gasteiger partial charge in [0.25, 0.3) is 17.7 Å². The lowest BCUT2D eigenvalue weighted by atomic mass is 9.85. The van der Waals surface area contributed by atoms with E-state index >= 15 is 0 Å². The SMILES string of the molecule is O=C(NN1C(=O)[C@@H]2[C@H](C1=O)[C@H]1C=C[C@@H]2C1)c1ccc(Cl)cc1Cl. The highest BCUT2D eigenvalue weighted by Crippen LogP contribution is 2.52. The van der Waals surface area contributed by atoms with Crippen LogP contribution in [0, 0.1) is 23.7 Å². The summed E-state index contributed by atoms with van der Waals surface area (Å²) in [6, 6.07) is 4.41. The number of rotatable bonds is 2. The maximum atomic E-state index is 12.5. The molecular formula is C16H12Cl2N2O3. The topological polar surface area (TPSA) is 66.5 Å². The lowest BCUT2D eigenvalue weighted by Gasteiger charge is -2.18. The van der Waals surface area contributed by atoms with E-state index in [1.165, 1.54) is 18.2 Å². The van der Waals surface area contributed by atoms with Crippen molar-refractivity contribution in [3.63, 3.8) is 0 Å². The van der Waals surface area contributed by atoms with Crippen LogP contribution in [-0.2, 0) is 9.59 Å². The zero-order valence-corrected chi connectivity index (χ0v) is 13.3. The molecule has 3 aliphatic rings. The van der Waals surface area contributed by atoms with Gasteiger partial charge in [0, 0.05) is 5.02 Å². The third kappa shape index (κ3) is 2.11. The van der Waals surface area contributed by atoms with Crippen molar-refractivity contribution in [2.45, 2.75) is 6.42 Å². The number of carbonyl (C=O) groups is 3. The fourth-order valence-corrected chi connectivity index (χ4v) is 4.34. The molecule has 3 amide bonds. The van der Waals surface area contributed by atoms with Crippen molar-refractivity contribution >= 4 is 40.9 Å². The second kappa shape index (κ2) is 5.08. The third-order valence-corrected chi connectivity index (χ3v) is 5.41. The van der Waals surface area contributed by atoms with Crippen LogP contribution in [0.2, 0.25) is 10.0 Å². The van der Waals surface area contributed by atoms with E-state index in [-0.39, 0.29) is 46.1 Å². The molecule has 23 heavy (non-hydrogen) atoms. The van der Waals surface area contributed by atoms with Gasteiger partial charge in [0.2, 0.25) is 0 Å². The van der Waals surface area contributed by atoms with Gasteiger partial charge in [0.1, 0.15) is 0 Å². The van der Waals surface area contributed by atoms with Crippen molar-refractivity contribution < 1.29 is 14.4 Å². The summed E-state index contributed by atoms with van der Waals surface area (Å²) in [7, 11) is 0. The molecule has 0 unspecified atom stereocenters. The predicted molar refractivity (Wildman–Crippen MR) is 83.5 cm³/mol. The molecule has 0 spiro atoms. The first kappa shape index (κ1) is 14.7. The molecule has 1 aliphatic heterocycles. The van der Waals surface area contributed by atoms with Crippen LogP contribution in [0.1, 0.15) is 16.8 Å². The molecule has 1 saturated heterocycles. The molecule has 1 aromatic rings. The van der Waals surface area contributed by atoms with E-state index < -0.39 is 5.91 Å². The molecule has 1 saturated carbocycles. The largest absolute Gasteiger partial charge is 0.272 e. The summed E-state index contributed by atoms with van der Waals surface area (Å²) < 4.78 is 0. The summed E-state index contributed by atoms with van der Waals surface area (Å²) in [5, 5.41) is 1.42. The van der Waals surface area contributed by atoms with Gasteiger partial charge in [-0.3, -0.25) is 19.8 Å². The predicted octanol–water partition coefficient (Wildman–Crippen LogP) is 2.45. The molecule has 4 atom stereocenters. The van der Waals surface area contributed by atoms with E-state index in [4.69, 9.17) is 23.2 Å². The number of halogens is 2. The summed E-state index contributed by atoms with van der Waals surface area (Å²) in [6.45, 7) is 0. The second-order valence-electron chi connectivity index (χ2n) is 6.08. The Balaban J connectivity index is 1.57. The lowest BCUT2D eigenvalue weighted by Crippen LogP contribution is -2.47. The van der Waals surface area contributed by atoms with Gasteiger partial charge in [0.05, 0.1) is 22.4 Å². The summed E-state index contributed by atoms with van der Waals surface area (Å²) >= 11 is 11.8. The van der Waals surface area contributed by atoms with E-state index in [0.717, 1.165) is 11.4 Å². The Morgan fingerprint density at radius 2 is 1.70 bits per heavy atom. The number of fused-ring (bicyclic) bond motifs is 5. The third-order valence-electron chi connectivity index (χ3n) is 4.86. The molecular weight excluding hydrogens is 339 g/mol. The van der Waals surface area contributed by atoms with Crippen LogP contribution in [-0.4, -0.2) is 22.7 Å². The fraction of sp³-hybridized carbons (Fsp3) is 0.312. The Kier molecular flexibility index (Phi) is 3.25. The van der Waals surface area contributed by atoms with E-state index in [9.17, 15) is 14.4 Å². The Morgan fingerprint density at radius 1 is 1.09 bits per heavy atom. The van der Waals surface area contributed by atoms with Gasteiger partial charge in [-0.15, -0.1) is 0 Å². The van der Waals surface area contributed by atoms with Crippen LogP contribution in [0.5, 0.6) is 0 Å². The molecule has 118 valence electrons. The fourth-order valence-electron chi connectivity index (χ4n) is 3.85. The highest BCUT2D eigenvalue weighted by Gasteiger charge is 2.59. The highest BCUT2D eigenvalue weighted by molar-refractivity contribution is 6.36. The van der Waals surface area contributed by atoms with Crippen molar-refractivity contribution in [3.8, 4) is 0 Å². The summed E-state index contributed by atoms with van der Waals surface area (Å²) in [6.07, 6.45) is 4.84. The van der Waals surface area contributed by atoms with Crippen LogP contribution in [0.3, 0.4) is 0 Å². The molecule has 2 aliphatic carbocycles. The molecule has 2 bridgehead atoms.